The second-order valence-corrected chi connectivity index (χ2v) is 3.51. The Morgan fingerprint density at radius 1 is 1.47 bits per heavy atom. The smallest absolute Gasteiger partial charge is 0.221 e. The Hall–Kier alpha value is -2.24. The lowest BCUT2D eigenvalue weighted by atomic mass is 10.1. The van der Waals surface area contributed by atoms with Gasteiger partial charge in [-0.1, -0.05) is 0 Å². The number of amides is 1. The van der Waals surface area contributed by atoms with Crippen LogP contribution in [-0.2, 0) is 4.79 Å². The molecule has 1 aliphatic heterocycles. The Morgan fingerprint density at radius 2 is 2.18 bits per heavy atom. The number of carbonyl (C=O) groups excluding carboxylic acids is 2. The predicted octanol–water partition coefficient (Wildman–Crippen LogP) is 0.934. The van der Waals surface area contributed by atoms with Gasteiger partial charge < -0.3 is 19.9 Å². The molecule has 2 rings (SSSR count). The molecule has 0 unspecified atom stereocenters. The molecule has 6 nitrogen and oxygen atoms in total. The lowest BCUT2D eigenvalue weighted by Crippen LogP contribution is -2.18. The maximum absolute atomic E-state index is 11.0. The first-order valence-corrected chi connectivity index (χ1v) is 5.02. The standard InChI is InChI=1S/C11H11NO5/c1-6(14)12-9-10(15)7(5-13)4-8-11(9)17-3-2-16-8/h4-5,15H,2-3H2,1H3,(H,12,14). The van der Waals surface area contributed by atoms with Gasteiger partial charge in [0.05, 0.1) is 5.56 Å². The highest BCUT2D eigenvalue weighted by Gasteiger charge is 2.23. The van der Waals surface area contributed by atoms with E-state index in [1.807, 2.05) is 0 Å². The number of ether oxygens (including phenoxy) is 2. The van der Waals surface area contributed by atoms with Gasteiger partial charge in [0.15, 0.2) is 23.5 Å². The first-order chi connectivity index (χ1) is 8.13. The van der Waals surface area contributed by atoms with Crippen LogP contribution in [0.4, 0.5) is 5.69 Å². The minimum absolute atomic E-state index is 0.0398. The lowest BCUT2D eigenvalue weighted by Gasteiger charge is -2.22. The summed E-state index contributed by atoms with van der Waals surface area (Å²) in [5, 5.41) is 12.2. The molecular formula is C11H11NO5. The first-order valence-electron chi connectivity index (χ1n) is 5.02. The average molecular weight is 237 g/mol. The fourth-order valence-electron chi connectivity index (χ4n) is 1.58. The molecule has 1 heterocycles. The van der Waals surface area contributed by atoms with E-state index >= 15 is 0 Å². The van der Waals surface area contributed by atoms with Crippen molar-refractivity contribution in [2.75, 3.05) is 18.5 Å². The molecule has 0 aliphatic carbocycles. The molecule has 0 saturated carbocycles. The molecule has 17 heavy (non-hydrogen) atoms. The highest BCUT2D eigenvalue weighted by Crippen LogP contribution is 2.45. The number of aldehydes is 1. The van der Waals surface area contributed by atoms with E-state index in [2.05, 4.69) is 5.32 Å². The third kappa shape index (κ3) is 2.01. The summed E-state index contributed by atoms with van der Waals surface area (Å²) in [6.45, 7) is 1.97. The second-order valence-electron chi connectivity index (χ2n) is 3.51. The van der Waals surface area contributed by atoms with E-state index in [0.29, 0.717) is 25.2 Å². The third-order valence-electron chi connectivity index (χ3n) is 2.26. The van der Waals surface area contributed by atoms with Crippen LogP contribution in [0.1, 0.15) is 17.3 Å². The van der Waals surface area contributed by atoms with Crippen molar-refractivity contribution in [1.82, 2.24) is 0 Å². The van der Waals surface area contributed by atoms with Crippen molar-refractivity contribution in [3.05, 3.63) is 11.6 Å². The van der Waals surface area contributed by atoms with Gasteiger partial charge in [0.25, 0.3) is 0 Å². The van der Waals surface area contributed by atoms with Gasteiger partial charge in [-0.3, -0.25) is 9.59 Å². The quantitative estimate of drug-likeness (QED) is 0.590. The highest BCUT2D eigenvalue weighted by atomic mass is 16.6. The van der Waals surface area contributed by atoms with Crippen molar-refractivity contribution >= 4 is 17.9 Å². The average Bonchev–Trinajstić information content (AvgIpc) is 2.32. The molecule has 0 bridgehead atoms. The van der Waals surface area contributed by atoms with Gasteiger partial charge in [0.1, 0.15) is 18.9 Å². The largest absolute Gasteiger partial charge is 0.505 e. The summed E-state index contributed by atoms with van der Waals surface area (Å²) in [4.78, 5) is 21.8. The van der Waals surface area contributed by atoms with E-state index in [0.717, 1.165) is 0 Å². The fraction of sp³-hybridized carbons (Fsp3) is 0.273. The van der Waals surface area contributed by atoms with Gasteiger partial charge in [-0.2, -0.15) is 0 Å². The van der Waals surface area contributed by atoms with Crippen molar-refractivity contribution < 1.29 is 24.2 Å². The van der Waals surface area contributed by atoms with E-state index in [1.165, 1.54) is 13.0 Å². The Kier molecular flexibility index (Phi) is 2.86. The molecular weight excluding hydrogens is 226 g/mol. The van der Waals surface area contributed by atoms with Crippen LogP contribution >= 0.6 is 0 Å². The summed E-state index contributed by atoms with van der Waals surface area (Å²) in [5.41, 5.74) is 0.106. The molecule has 0 spiro atoms. The number of aromatic hydroxyl groups is 1. The Balaban J connectivity index is 2.59. The van der Waals surface area contributed by atoms with Gasteiger partial charge in [0, 0.05) is 6.92 Å². The maximum Gasteiger partial charge on any atom is 0.221 e. The predicted molar refractivity (Wildman–Crippen MR) is 58.8 cm³/mol. The zero-order valence-electron chi connectivity index (χ0n) is 9.15. The van der Waals surface area contributed by atoms with Crippen LogP contribution in [0, 0.1) is 0 Å². The van der Waals surface area contributed by atoms with Crippen LogP contribution in [-0.4, -0.2) is 30.5 Å². The van der Waals surface area contributed by atoms with E-state index in [4.69, 9.17) is 9.47 Å². The summed E-state index contributed by atoms with van der Waals surface area (Å²) in [6, 6.07) is 1.38. The monoisotopic (exact) mass is 237 g/mol. The van der Waals surface area contributed by atoms with Crippen molar-refractivity contribution in [3.63, 3.8) is 0 Å². The summed E-state index contributed by atoms with van der Waals surface area (Å²) in [5.74, 6) is -0.117. The van der Waals surface area contributed by atoms with Gasteiger partial charge >= 0.3 is 0 Å². The molecule has 1 aliphatic rings. The van der Waals surface area contributed by atoms with Crippen molar-refractivity contribution in [2.24, 2.45) is 0 Å². The Bertz CT molecular complexity index is 483. The lowest BCUT2D eigenvalue weighted by molar-refractivity contribution is -0.114. The van der Waals surface area contributed by atoms with Crippen LogP contribution in [0.2, 0.25) is 0 Å². The molecule has 1 aromatic carbocycles. The molecule has 0 atom stereocenters. The van der Waals surface area contributed by atoms with Gasteiger partial charge in [-0.15, -0.1) is 0 Å². The number of fused-ring (bicyclic) bond motifs is 1. The number of nitrogens with one attached hydrogen (secondary N) is 1. The zero-order chi connectivity index (χ0) is 12.4. The summed E-state index contributed by atoms with van der Waals surface area (Å²) >= 11 is 0. The molecule has 90 valence electrons. The molecule has 0 aromatic heterocycles. The van der Waals surface area contributed by atoms with Gasteiger partial charge in [-0.05, 0) is 6.07 Å². The normalized spacial score (nSPS) is 13.0. The molecule has 1 amide bonds. The number of carbonyl (C=O) groups is 2. The number of rotatable bonds is 2. The number of hydrogen-bond acceptors (Lipinski definition) is 5. The first kappa shape index (κ1) is 11.3. The molecule has 0 fully saturated rings. The third-order valence-corrected chi connectivity index (χ3v) is 2.26. The maximum atomic E-state index is 11.0. The van der Waals surface area contributed by atoms with Crippen LogP contribution in [0.25, 0.3) is 0 Å². The highest BCUT2D eigenvalue weighted by molar-refractivity contribution is 5.97. The van der Waals surface area contributed by atoms with Crippen LogP contribution in [0.3, 0.4) is 0 Å². The van der Waals surface area contributed by atoms with E-state index < -0.39 is 0 Å². The van der Waals surface area contributed by atoms with Gasteiger partial charge in [-0.25, -0.2) is 0 Å². The molecule has 2 N–H and O–H groups in total. The number of phenols is 1. The van der Waals surface area contributed by atoms with Crippen LogP contribution in [0.15, 0.2) is 6.07 Å². The van der Waals surface area contributed by atoms with Crippen LogP contribution in [0.5, 0.6) is 17.2 Å². The second kappa shape index (κ2) is 4.32. The Labute approximate surface area is 97.1 Å². The van der Waals surface area contributed by atoms with Crippen molar-refractivity contribution in [3.8, 4) is 17.2 Å². The van der Waals surface area contributed by atoms with E-state index in [1.54, 1.807) is 0 Å². The molecule has 0 saturated heterocycles. The Morgan fingerprint density at radius 3 is 2.82 bits per heavy atom. The van der Waals surface area contributed by atoms with Gasteiger partial charge in [0.2, 0.25) is 5.91 Å². The minimum atomic E-state index is -0.375. The summed E-state index contributed by atoms with van der Waals surface area (Å²) in [6.07, 6.45) is 0.485. The summed E-state index contributed by atoms with van der Waals surface area (Å²) in [7, 11) is 0. The number of benzene rings is 1. The summed E-state index contributed by atoms with van der Waals surface area (Å²) < 4.78 is 10.6. The molecule has 1 aromatic rings. The zero-order valence-corrected chi connectivity index (χ0v) is 9.15. The number of anilines is 1. The van der Waals surface area contributed by atoms with Crippen LogP contribution < -0.4 is 14.8 Å². The van der Waals surface area contributed by atoms with Crippen molar-refractivity contribution in [2.45, 2.75) is 6.92 Å². The molecule has 0 radical (unpaired) electrons. The number of phenolic OH excluding ortho intramolecular Hbond substituents is 1. The van der Waals surface area contributed by atoms with E-state index in [-0.39, 0.29) is 28.7 Å². The number of hydrogen-bond donors (Lipinski definition) is 2. The topological polar surface area (TPSA) is 84.9 Å². The van der Waals surface area contributed by atoms with Crippen molar-refractivity contribution in [1.29, 1.82) is 0 Å². The SMILES string of the molecule is CC(=O)Nc1c(O)c(C=O)cc2c1OCCO2. The molecule has 6 heteroatoms. The van der Waals surface area contributed by atoms with E-state index in [9.17, 15) is 14.7 Å². The minimum Gasteiger partial charge on any atom is -0.505 e. The fourth-order valence-corrected chi connectivity index (χ4v) is 1.58.